The van der Waals surface area contributed by atoms with Gasteiger partial charge in [-0.3, -0.25) is 14.3 Å². The maximum absolute atomic E-state index is 13.4. The second-order valence-corrected chi connectivity index (χ2v) is 9.06. The van der Waals surface area contributed by atoms with E-state index in [1.165, 1.54) is 16.9 Å². The molecule has 1 saturated heterocycles. The lowest BCUT2D eigenvalue weighted by molar-refractivity contribution is 0.0296. The summed E-state index contributed by atoms with van der Waals surface area (Å²) < 4.78 is 7.41. The molecule has 2 aromatic heterocycles. The fourth-order valence-corrected chi connectivity index (χ4v) is 5.02. The number of ether oxygens (including phenoxy) is 1. The number of aryl methyl sites for hydroxylation is 2. The summed E-state index contributed by atoms with van der Waals surface area (Å²) in [6.07, 6.45) is 2.57. The molecule has 0 spiro atoms. The first-order valence-electron chi connectivity index (χ1n) is 11.4. The van der Waals surface area contributed by atoms with Gasteiger partial charge in [0.05, 0.1) is 25.3 Å². The van der Waals surface area contributed by atoms with Crippen molar-refractivity contribution >= 4 is 23.2 Å². The van der Waals surface area contributed by atoms with E-state index in [0.29, 0.717) is 57.2 Å². The number of amides is 2. The molecule has 0 saturated carbocycles. The third-order valence-electron chi connectivity index (χ3n) is 6.25. The van der Waals surface area contributed by atoms with Crippen molar-refractivity contribution < 1.29 is 14.3 Å². The molecule has 4 heterocycles. The summed E-state index contributed by atoms with van der Waals surface area (Å²) in [4.78, 5) is 34.0. The highest BCUT2D eigenvalue weighted by atomic mass is 32.1. The molecule has 0 aliphatic carbocycles. The molecule has 1 fully saturated rings. The van der Waals surface area contributed by atoms with Crippen LogP contribution in [-0.4, -0.2) is 69.2 Å². The summed E-state index contributed by atoms with van der Waals surface area (Å²) in [7, 11) is 0. The number of nitrogens with zero attached hydrogens (tertiary/aromatic N) is 5. The molecule has 0 bridgehead atoms. The Balaban J connectivity index is 1.38. The Morgan fingerprint density at radius 2 is 1.85 bits per heavy atom. The third kappa shape index (κ3) is 4.69. The second-order valence-electron chi connectivity index (χ2n) is 8.34. The summed E-state index contributed by atoms with van der Waals surface area (Å²) >= 11 is 1.41. The van der Waals surface area contributed by atoms with Gasteiger partial charge in [0.1, 0.15) is 5.69 Å². The molecular formula is C24H27N5O3S. The Morgan fingerprint density at radius 3 is 2.61 bits per heavy atom. The van der Waals surface area contributed by atoms with Crippen molar-refractivity contribution in [2.45, 2.75) is 32.4 Å². The third-order valence-corrected chi connectivity index (χ3v) is 6.84. The van der Waals surface area contributed by atoms with Crippen molar-refractivity contribution in [3.8, 4) is 0 Å². The fraction of sp³-hybridized carbons (Fsp3) is 0.417. The number of fused-ring (bicyclic) bond motifs is 1. The van der Waals surface area contributed by atoms with Crippen LogP contribution < -0.4 is 0 Å². The first kappa shape index (κ1) is 21.8. The van der Waals surface area contributed by atoms with Crippen LogP contribution in [0, 0.1) is 0 Å². The highest BCUT2D eigenvalue weighted by molar-refractivity contribution is 7.07. The van der Waals surface area contributed by atoms with Crippen molar-refractivity contribution in [1.82, 2.24) is 24.6 Å². The zero-order valence-electron chi connectivity index (χ0n) is 18.5. The Morgan fingerprint density at radius 1 is 1.03 bits per heavy atom. The Bertz CT molecular complexity index is 1110. The summed E-state index contributed by atoms with van der Waals surface area (Å²) in [6.45, 7) is 3.94. The van der Waals surface area contributed by atoms with Gasteiger partial charge >= 0.3 is 0 Å². The van der Waals surface area contributed by atoms with Crippen molar-refractivity contribution in [2.24, 2.45) is 0 Å². The summed E-state index contributed by atoms with van der Waals surface area (Å²) in [5.74, 6) is -0.164. The van der Waals surface area contributed by atoms with Crippen LogP contribution in [0.5, 0.6) is 0 Å². The molecule has 8 nitrogen and oxygen atoms in total. The van der Waals surface area contributed by atoms with Crippen LogP contribution in [0.4, 0.5) is 0 Å². The molecule has 2 aliphatic rings. The molecule has 0 atom stereocenters. The van der Waals surface area contributed by atoms with E-state index < -0.39 is 0 Å². The Kier molecular flexibility index (Phi) is 6.50. The van der Waals surface area contributed by atoms with Gasteiger partial charge in [0.2, 0.25) is 0 Å². The van der Waals surface area contributed by atoms with Crippen molar-refractivity contribution in [1.29, 1.82) is 0 Å². The number of benzene rings is 1. The predicted molar refractivity (Wildman–Crippen MR) is 124 cm³/mol. The average Bonchev–Trinajstić information content (AvgIpc) is 3.53. The molecule has 0 radical (unpaired) electrons. The van der Waals surface area contributed by atoms with Crippen molar-refractivity contribution in [2.75, 3.05) is 32.8 Å². The van der Waals surface area contributed by atoms with Gasteiger partial charge in [0, 0.05) is 49.2 Å². The molecule has 3 aromatic rings. The first-order valence-corrected chi connectivity index (χ1v) is 12.3. The molecule has 1 aromatic carbocycles. The van der Waals surface area contributed by atoms with Gasteiger partial charge in [-0.05, 0) is 18.4 Å². The summed E-state index contributed by atoms with van der Waals surface area (Å²) in [5, 5.41) is 6.56. The van der Waals surface area contributed by atoms with E-state index in [-0.39, 0.29) is 11.8 Å². The van der Waals surface area contributed by atoms with E-state index >= 15 is 0 Å². The molecule has 2 amide bonds. The van der Waals surface area contributed by atoms with Crippen LogP contribution in [0.2, 0.25) is 0 Å². The summed E-state index contributed by atoms with van der Waals surface area (Å²) in [6, 6.07) is 10.4. The standard InChI is InChI=1S/C24H27N5O3S/c30-23(20-16-33-17-25-20)28-10-8-21-19(15-28)22(24(31)27-11-13-32-14-12-27)26-29(21)9-4-7-18-5-2-1-3-6-18/h1-3,5-6,16-17H,4,7-15H2. The number of carbonyl (C=O) groups is 2. The first-order chi connectivity index (χ1) is 16.2. The quantitative estimate of drug-likeness (QED) is 0.559. The average molecular weight is 466 g/mol. The number of hydrogen-bond donors (Lipinski definition) is 0. The van der Waals surface area contributed by atoms with Crippen LogP contribution in [0.1, 0.15) is 44.2 Å². The maximum Gasteiger partial charge on any atom is 0.274 e. The number of thiazole rings is 1. The number of morpholine rings is 1. The van der Waals surface area contributed by atoms with Crippen molar-refractivity contribution in [3.05, 3.63) is 69.4 Å². The monoisotopic (exact) mass is 465 g/mol. The van der Waals surface area contributed by atoms with Crippen LogP contribution in [-0.2, 0) is 30.7 Å². The SMILES string of the molecule is O=C(c1cscn1)N1CCc2c(c(C(=O)N3CCOCC3)nn2CCCc2ccccc2)C1. The van der Waals surface area contributed by atoms with Gasteiger partial charge in [0.15, 0.2) is 5.69 Å². The highest BCUT2D eigenvalue weighted by Gasteiger charge is 2.33. The molecule has 2 aliphatic heterocycles. The lowest BCUT2D eigenvalue weighted by Crippen LogP contribution is -2.42. The minimum Gasteiger partial charge on any atom is -0.378 e. The zero-order valence-corrected chi connectivity index (χ0v) is 19.3. The van der Waals surface area contributed by atoms with E-state index in [1.807, 2.05) is 15.6 Å². The topological polar surface area (TPSA) is 80.6 Å². The minimum atomic E-state index is -0.0940. The largest absolute Gasteiger partial charge is 0.378 e. The van der Waals surface area contributed by atoms with E-state index in [2.05, 4.69) is 29.2 Å². The van der Waals surface area contributed by atoms with E-state index in [9.17, 15) is 9.59 Å². The van der Waals surface area contributed by atoms with Gasteiger partial charge in [-0.1, -0.05) is 30.3 Å². The maximum atomic E-state index is 13.4. The van der Waals surface area contributed by atoms with E-state index in [1.54, 1.807) is 15.8 Å². The van der Waals surface area contributed by atoms with E-state index in [4.69, 9.17) is 9.84 Å². The van der Waals surface area contributed by atoms with Gasteiger partial charge in [0.25, 0.3) is 11.8 Å². The van der Waals surface area contributed by atoms with Crippen LogP contribution in [0.3, 0.4) is 0 Å². The fourth-order valence-electron chi connectivity index (χ4n) is 4.49. The summed E-state index contributed by atoms with van der Waals surface area (Å²) in [5.41, 5.74) is 5.84. The van der Waals surface area contributed by atoms with Crippen LogP contribution in [0.25, 0.3) is 0 Å². The van der Waals surface area contributed by atoms with Crippen LogP contribution in [0.15, 0.2) is 41.2 Å². The van der Waals surface area contributed by atoms with Gasteiger partial charge < -0.3 is 14.5 Å². The van der Waals surface area contributed by atoms with Crippen LogP contribution >= 0.6 is 11.3 Å². The zero-order chi connectivity index (χ0) is 22.6. The van der Waals surface area contributed by atoms with Gasteiger partial charge in [-0.25, -0.2) is 4.98 Å². The minimum absolute atomic E-state index is 0.0701. The van der Waals surface area contributed by atoms with Gasteiger partial charge in [-0.2, -0.15) is 5.10 Å². The molecule has 0 N–H and O–H groups in total. The number of rotatable bonds is 6. The molecule has 5 rings (SSSR count). The Hall–Kier alpha value is -3.04. The Labute approximate surface area is 196 Å². The highest BCUT2D eigenvalue weighted by Crippen LogP contribution is 2.26. The lowest BCUT2D eigenvalue weighted by atomic mass is 10.0. The number of carbonyl (C=O) groups excluding carboxylic acids is 2. The number of aromatic nitrogens is 3. The van der Waals surface area contributed by atoms with Crippen molar-refractivity contribution in [3.63, 3.8) is 0 Å². The second kappa shape index (κ2) is 9.84. The normalized spacial score (nSPS) is 16.0. The molecule has 172 valence electrons. The molecule has 9 heteroatoms. The smallest absolute Gasteiger partial charge is 0.274 e. The molecular weight excluding hydrogens is 438 g/mol. The number of hydrogen-bond acceptors (Lipinski definition) is 6. The van der Waals surface area contributed by atoms with Gasteiger partial charge in [-0.15, -0.1) is 11.3 Å². The lowest BCUT2D eigenvalue weighted by Gasteiger charge is -2.29. The van der Waals surface area contributed by atoms with E-state index in [0.717, 1.165) is 30.6 Å². The molecule has 33 heavy (non-hydrogen) atoms. The predicted octanol–water partition coefficient (Wildman–Crippen LogP) is 2.64. The molecule has 0 unspecified atom stereocenters.